The van der Waals surface area contributed by atoms with Crippen LogP contribution in [0.5, 0.6) is 0 Å². The smallest absolute Gasteiger partial charge is 0.334 e. The van der Waals surface area contributed by atoms with Crippen LogP contribution in [0.2, 0.25) is 0 Å². The van der Waals surface area contributed by atoms with Crippen molar-refractivity contribution < 1.29 is 14.7 Å². The van der Waals surface area contributed by atoms with E-state index in [0.29, 0.717) is 5.71 Å². The summed E-state index contributed by atoms with van der Waals surface area (Å²) >= 11 is 1.42. The van der Waals surface area contributed by atoms with Gasteiger partial charge in [0.1, 0.15) is 5.37 Å². The zero-order valence-corrected chi connectivity index (χ0v) is 10.6. The lowest BCUT2D eigenvalue weighted by Gasteiger charge is -2.43. The predicted octanol–water partition coefficient (Wildman–Crippen LogP) is 0.176. The zero-order valence-electron chi connectivity index (χ0n) is 9.75. The largest absolute Gasteiger partial charge is 0.478 e. The molecule has 0 aromatic carbocycles. The maximum atomic E-state index is 11.7. The van der Waals surface area contributed by atoms with Crippen LogP contribution in [0.15, 0.2) is 16.9 Å². The average Bonchev–Trinajstić information content (AvgIpc) is 2.24. The van der Waals surface area contributed by atoms with Gasteiger partial charge in [-0.05, 0) is 6.92 Å². The molecule has 0 spiro atoms. The predicted molar refractivity (Wildman–Crippen MR) is 64.5 cm³/mol. The molecule has 7 heteroatoms. The van der Waals surface area contributed by atoms with Crippen LogP contribution in [-0.2, 0) is 9.59 Å². The molecule has 92 valence electrons. The third kappa shape index (κ3) is 1.90. The van der Waals surface area contributed by atoms with Gasteiger partial charge in [0.05, 0.1) is 5.57 Å². The van der Waals surface area contributed by atoms with Gasteiger partial charge in [-0.3, -0.25) is 9.69 Å². The highest BCUT2D eigenvalue weighted by Crippen LogP contribution is 2.38. The molecule has 0 saturated carbocycles. The van der Waals surface area contributed by atoms with Crippen molar-refractivity contribution in [3.8, 4) is 0 Å². The van der Waals surface area contributed by atoms with Crippen LogP contribution in [0.25, 0.3) is 0 Å². The quantitative estimate of drug-likeness (QED) is 0.562. The molecule has 0 radical (unpaired) electrons. The molecule has 1 amide bonds. The van der Waals surface area contributed by atoms with Gasteiger partial charge < -0.3 is 10.1 Å². The van der Waals surface area contributed by atoms with Gasteiger partial charge in [0.25, 0.3) is 5.91 Å². The van der Waals surface area contributed by atoms with Gasteiger partial charge in [-0.2, -0.15) is 5.10 Å². The fourth-order valence-electron chi connectivity index (χ4n) is 1.72. The Labute approximate surface area is 103 Å². The maximum absolute atomic E-state index is 11.7. The van der Waals surface area contributed by atoms with Crippen LogP contribution < -0.4 is 0 Å². The highest BCUT2D eigenvalue weighted by Gasteiger charge is 2.48. The summed E-state index contributed by atoms with van der Waals surface area (Å²) < 4.78 is 0. The lowest BCUT2D eigenvalue weighted by Crippen LogP contribution is -2.60. The molecule has 2 rings (SSSR count). The summed E-state index contributed by atoms with van der Waals surface area (Å²) in [5.41, 5.74) is 0.732. The molecule has 1 saturated heterocycles. The van der Waals surface area contributed by atoms with Crippen molar-refractivity contribution in [1.29, 1.82) is 0 Å². The van der Waals surface area contributed by atoms with Crippen LogP contribution in [0.1, 0.15) is 6.92 Å². The summed E-state index contributed by atoms with van der Waals surface area (Å²) in [5.74, 6) is -1.20. The molecule has 1 unspecified atom stereocenters. The number of hydrazone groups is 1. The van der Waals surface area contributed by atoms with E-state index in [1.165, 1.54) is 22.9 Å². The Bertz CT molecular complexity index is 444. The van der Waals surface area contributed by atoms with E-state index in [2.05, 4.69) is 5.10 Å². The molecule has 0 aromatic rings. The number of carbonyl (C=O) groups is 2. The number of thioether (sulfide) groups is 1. The first-order valence-corrected chi connectivity index (χ1v) is 6.05. The number of aliphatic carboxylic acids is 1. The second-order valence-corrected chi connectivity index (χ2v) is 5.49. The van der Waals surface area contributed by atoms with Crippen molar-refractivity contribution in [3.63, 3.8) is 0 Å². The lowest BCUT2D eigenvalue weighted by atomic mass is 10.1. The van der Waals surface area contributed by atoms with Gasteiger partial charge in [0.2, 0.25) is 0 Å². The summed E-state index contributed by atoms with van der Waals surface area (Å²) in [6, 6.07) is 0. The molecule has 2 aliphatic rings. The number of rotatable bonds is 2. The summed E-state index contributed by atoms with van der Waals surface area (Å²) in [5, 5.41) is 14.4. The molecule has 0 aliphatic carbocycles. The Morgan fingerprint density at radius 2 is 2.24 bits per heavy atom. The maximum Gasteiger partial charge on any atom is 0.334 e. The Hall–Kier alpha value is -1.50. The first-order valence-electron chi connectivity index (χ1n) is 5.10. The summed E-state index contributed by atoms with van der Waals surface area (Å²) in [4.78, 5) is 24.1. The SMILES string of the molecule is CC1S[C@@H]2/C(=N/N(C)C)C(=O)N2C=C1C(=O)O. The Kier molecular flexibility index (Phi) is 2.86. The normalized spacial score (nSPS) is 29.6. The average molecular weight is 255 g/mol. The van der Waals surface area contributed by atoms with Crippen molar-refractivity contribution in [2.24, 2.45) is 5.10 Å². The number of carboxylic acids is 1. The van der Waals surface area contributed by atoms with E-state index in [0.717, 1.165) is 0 Å². The number of fused-ring (bicyclic) bond motifs is 1. The van der Waals surface area contributed by atoms with Gasteiger partial charge in [-0.1, -0.05) is 0 Å². The van der Waals surface area contributed by atoms with E-state index >= 15 is 0 Å². The Morgan fingerprint density at radius 1 is 1.59 bits per heavy atom. The molecule has 2 atom stereocenters. The van der Waals surface area contributed by atoms with E-state index in [4.69, 9.17) is 5.11 Å². The Balaban J connectivity index is 2.26. The minimum atomic E-state index is -0.978. The van der Waals surface area contributed by atoms with Crippen molar-refractivity contribution in [3.05, 3.63) is 11.8 Å². The van der Waals surface area contributed by atoms with E-state index in [-0.39, 0.29) is 22.1 Å². The van der Waals surface area contributed by atoms with E-state index < -0.39 is 5.97 Å². The molecule has 0 bridgehead atoms. The third-order valence-electron chi connectivity index (χ3n) is 2.54. The molecule has 2 heterocycles. The number of amides is 1. The summed E-state index contributed by atoms with van der Waals surface area (Å²) in [6.07, 6.45) is 1.42. The molecule has 1 fully saturated rings. The third-order valence-corrected chi connectivity index (χ3v) is 3.91. The zero-order chi connectivity index (χ0) is 12.7. The standard InChI is InChI=1S/C10H13N3O3S/c1-5-6(10(15)16)4-13-8(14)7(9(13)17-5)11-12(2)3/h4-5,9H,1-3H3,(H,15,16)/b11-7+/t5?,9-/m1/s1. The molecule has 17 heavy (non-hydrogen) atoms. The number of β-lactam (4-membered cyclic amide) rings is 1. The highest BCUT2D eigenvalue weighted by molar-refractivity contribution is 8.01. The van der Waals surface area contributed by atoms with Crippen LogP contribution in [0.4, 0.5) is 0 Å². The van der Waals surface area contributed by atoms with E-state index in [9.17, 15) is 9.59 Å². The first-order chi connectivity index (χ1) is 7.91. The number of carboxylic acid groups (broad SMARTS) is 1. The molecule has 0 aromatic heterocycles. The highest BCUT2D eigenvalue weighted by atomic mass is 32.2. The number of nitrogens with zero attached hydrogens (tertiary/aromatic N) is 3. The van der Waals surface area contributed by atoms with Crippen molar-refractivity contribution in [2.75, 3.05) is 14.1 Å². The van der Waals surface area contributed by atoms with Gasteiger partial charge in [0.15, 0.2) is 5.71 Å². The molecule has 1 N–H and O–H groups in total. The van der Waals surface area contributed by atoms with Crippen LogP contribution in [0, 0.1) is 0 Å². The lowest BCUT2D eigenvalue weighted by molar-refractivity contribution is -0.132. The first kappa shape index (κ1) is 12.0. The number of hydrogen-bond donors (Lipinski definition) is 1. The van der Waals surface area contributed by atoms with Gasteiger partial charge in [-0.25, -0.2) is 4.79 Å². The van der Waals surface area contributed by atoms with Crippen molar-refractivity contribution in [1.82, 2.24) is 9.91 Å². The fourth-order valence-corrected chi connectivity index (χ4v) is 2.98. The Morgan fingerprint density at radius 3 is 2.76 bits per heavy atom. The van der Waals surface area contributed by atoms with Crippen molar-refractivity contribution >= 4 is 29.4 Å². The number of hydrogen-bond acceptors (Lipinski definition) is 5. The summed E-state index contributed by atoms with van der Waals surface area (Å²) in [7, 11) is 3.50. The number of carbonyl (C=O) groups excluding carboxylic acids is 1. The molecular weight excluding hydrogens is 242 g/mol. The molecule has 2 aliphatic heterocycles. The monoisotopic (exact) mass is 255 g/mol. The van der Waals surface area contributed by atoms with Crippen LogP contribution in [0.3, 0.4) is 0 Å². The minimum Gasteiger partial charge on any atom is -0.478 e. The molecular formula is C10H13N3O3S. The minimum absolute atomic E-state index is 0.144. The van der Waals surface area contributed by atoms with Crippen LogP contribution >= 0.6 is 11.8 Å². The molecule has 6 nitrogen and oxygen atoms in total. The second-order valence-electron chi connectivity index (χ2n) is 4.07. The van der Waals surface area contributed by atoms with Crippen LogP contribution in [-0.4, -0.2) is 57.3 Å². The topological polar surface area (TPSA) is 73.2 Å². The van der Waals surface area contributed by atoms with Gasteiger partial charge >= 0.3 is 5.97 Å². The fraction of sp³-hybridized carbons (Fsp3) is 0.500. The van der Waals surface area contributed by atoms with E-state index in [1.807, 2.05) is 6.92 Å². The van der Waals surface area contributed by atoms with E-state index in [1.54, 1.807) is 19.1 Å². The second kappa shape index (κ2) is 4.06. The van der Waals surface area contributed by atoms with Gasteiger partial charge in [-0.15, -0.1) is 11.8 Å². The van der Waals surface area contributed by atoms with Crippen molar-refractivity contribution in [2.45, 2.75) is 17.5 Å². The van der Waals surface area contributed by atoms with Gasteiger partial charge in [0, 0.05) is 25.5 Å². The summed E-state index contributed by atoms with van der Waals surface area (Å²) in [6.45, 7) is 1.82.